The number of esters is 2. The number of imidazole rings is 1. The predicted molar refractivity (Wildman–Crippen MR) is 139 cm³/mol. The van der Waals surface area contributed by atoms with Crippen LogP contribution in [0.1, 0.15) is 22.3 Å². The molecule has 36 heavy (non-hydrogen) atoms. The number of aryl methyl sites for hydroxylation is 1. The Morgan fingerprint density at radius 3 is 2.33 bits per heavy atom. The Kier molecular flexibility index (Phi) is 9.39. The minimum Gasteiger partial charge on any atom is -0.469 e. The van der Waals surface area contributed by atoms with E-state index in [1.165, 1.54) is 14.2 Å². The molecule has 4 N–H and O–H groups in total. The van der Waals surface area contributed by atoms with E-state index in [-0.39, 0.29) is 37.8 Å². The monoisotopic (exact) mass is 516 g/mol. The van der Waals surface area contributed by atoms with E-state index in [9.17, 15) is 14.4 Å². The summed E-state index contributed by atoms with van der Waals surface area (Å²) in [4.78, 5) is 42.7. The Hall–Kier alpha value is -4.12. The SMILES string of the molecule is COC(=O)CCNC(=O)c1cc2nc(-c3ccc(C(=N)N)cc3)n(C)c2cc1N(C)CC(=O)OC.Cl. The minimum absolute atomic E-state index is 0. The van der Waals surface area contributed by atoms with Crippen molar-refractivity contribution in [2.75, 3.05) is 39.3 Å². The number of likely N-dealkylation sites (N-methyl/N-ethyl adjacent to an activating group) is 1. The summed E-state index contributed by atoms with van der Waals surface area (Å²) in [5.41, 5.74) is 9.07. The smallest absolute Gasteiger partial charge is 0.325 e. The first-order chi connectivity index (χ1) is 16.7. The number of nitrogens with two attached hydrogens (primary N) is 1. The third-order valence-corrected chi connectivity index (χ3v) is 5.54. The number of benzene rings is 2. The van der Waals surface area contributed by atoms with Gasteiger partial charge in [-0.2, -0.15) is 0 Å². The molecule has 0 saturated carbocycles. The van der Waals surface area contributed by atoms with Gasteiger partial charge in [0.15, 0.2) is 0 Å². The Balaban J connectivity index is 0.00000456. The van der Waals surface area contributed by atoms with Crippen LogP contribution in [0, 0.1) is 5.41 Å². The molecule has 3 aromatic rings. The zero-order valence-electron chi connectivity index (χ0n) is 20.5. The Bertz CT molecular complexity index is 1290. The molecular formula is C24H29ClN6O5. The van der Waals surface area contributed by atoms with Gasteiger partial charge in [-0.3, -0.25) is 19.8 Å². The first-order valence-corrected chi connectivity index (χ1v) is 10.7. The predicted octanol–water partition coefficient (Wildman–Crippen LogP) is 1.85. The molecule has 0 fully saturated rings. The maximum Gasteiger partial charge on any atom is 0.325 e. The molecule has 1 amide bonds. The molecule has 1 aromatic heterocycles. The second-order valence-electron chi connectivity index (χ2n) is 7.86. The highest BCUT2D eigenvalue weighted by molar-refractivity contribution is 6.04. The van der Waals surface area contributed by atoms with Crippen LogP contribution in [0.4, 0.5) is 5.69 Å². The molecule has 11 nitrogen and oxygen atoms in total. The molecule has 0 atom stereocenters. The van der Waals surface area contributed by atoms with Crippen LogP contribution in [0.15, 0.2) is 36.4 Å². The zero-order valence-corrected chi connectivity index (χ0v) is 21.3. The zero-order chi connectivity index (χ0) is 25.7. The number of nitrogen functional groups attached to an aromatic ring is 1. The van der Waals surface area contributed by atoms with Crippen LogP contribution in [0.3, 0.4) is 0 Å². The van der Waals surface area contributed by atoms with Gasteiger partial charge in [-0.05, 0) is 12.1 Å². The van der Waals surface area contributed by atoms with Gasteiger partial charge >= 0.3 is 11.9 Å². The quantitative estimate of drug-likeness (QED) is 0.221. The highest BCUT2D eigenvalue weighted by Crippen LogP contribution is 2.30. The van der Waals surface area contributed by atoms with E-state index in [4.69, 9.17) is 20.9 Å². The van der Waals surface area contributed by atoms with E-state index in [1.807, 2.05) is 23.7 Å². The van der Waals surface area contributed by atoms with Gasteiger partial charge in [-0.25, -0.2) is 4.98 Å². The van der Waals surface area contributed by atoms with E-state index in [0.29, 0.717) is 28.2 Å². The molecule has 2 aromatic carbocycles. The van der Waals surface area contributed by atoms with Crippen molar-refractivity contribution >= 4 is 52.8 Å². The Labute approximate surface area is 214 Å². The van der Waals surface area contributed by atoms with Crippen LogP contribution in [-0.4, -0.2) is 67.6 Å². The summed E-state index contributed by atoms with van der Waals surface area (Å²) in [7, 11) is 6.11. The summed E-state index contributed by atoms with van der Waals surface area (Å²) >= 11 is 0. The molecule has 0 aliphatic rings. The topological polar surface area (TPSA) is 153 Å². The molecule has 0 aliphatic heterocycles. The molecule has 0 aliphatic carbocycles. The van der Waals surface area contributed by atoms with E-state index in [0.717, 1.165) is 11.1 Å². The third kappa shape index (κ3) is 6.11. The molecule has 0 radical (unpaired) electrons. The lowest BCUT2D eigenvalue weighted by molar-refractivity contribution is -0.140. The van der Waals surface area contributed by atoms with Crippen molar-refractivity contribution in [3.8, 4) is 11.4 Å². The molecule has 3 rings (SSSR count). The number of amides is 1. The molecule has 1 heterocycles. The Morgan fingerprint density at radius 1 is 1.11 bits per heavy atom. The Morgan fingerprint density at radius 2 is 1.75 bits per heavy atom. The van der Waals surface area contributed by atoms with Gasteiger partial charge in [0.2, 0.25) is 0 Å². The van der Waals surface area contributed by atoms with Crippen molar-refractivity contribution in [1.82, 2.24) is 14.9 Å². The maximum absolute atomic E-state index is 13.0. The second-order valence-corrected chi connectivity index (χ2v) is 7.86. The molecule has 0 spiro atoms. The number of carbonyl (C=O) groups is 3. The largest absolute Gasteiger partial charge is 0.469 e. The lowest BCUT2D eigenvalue weighted by Crippen LogP contribution is -2.31. The van der Waals surface area contributed by atoms with Gasteiger partial charge in [0, 0.05) is 31.8 Å². The van der Waals surface area contributed by atoms with Crippen LogP contribution in [0.5, 0.6) is 0 Å². The van der Waals surface area contributed by atoms with Gasteiger partial charge in [-0.15, -0.1) is 12.4 Å². The highest BCUT2D eigenvalue weighted by atomic mass is 35.5. The van der Waals surface area contributed by atoms with Crippen molar-refractivity contribution in [3.05, 3.63) is 47.5 Å². The van der Waals surface area contributed by atoms with Crippen molar-refractivity contribution in [3.63, 3.8) is 0 Å². The number of amidine groups is 1. The van der Waals surface area contributed by atoms with Gasteiger partial charge in [0.1, 0.15) is 18.2 Å². The van der Waals surface area contributed by atoms with Crippen LogP contribution < -0.4 is 16.0 Å². The van der Waals surface area contributed by atoms with Crippen molar-refractivity contribution in [2.24, 2.45) is 12.8 Å². The summed E-state index contributed by atoms with van der Waals surface area (Å²) in [6, 6.07) is 10.6. The highest BCUT2D eigenvalue weighted by Gasteiger charge is 2.21. The first-order valence-electron chi connectivity index (χ1n) is 10.7. The van der Waals surface area contributed by atoms with Crippen LogP contribution >= 0.6 is 12.4 Å². The summed E-state index contributed by atoms with van der Waals surface area (Å²) in [5, 5.41) is 10.3. The first kappa shape index (κ1) is 28.1. The average Bonchev–Trinajstić information content (AvgIpc) is 3.18. The van der Waals surface area contributed by atoms with Crippen LogP contribution in [-0.2, 0) is 26.1 Å². The normalized spacial score (nSPS) is 10.3. The molecular weight excluding hydrogens is 488 g/mol. The maximum atomic E-state index is 13.0. The standard InChI is InChI=1S/C24H28N6O5.ClH/c1-29(13-21(32)35-4)18-12-19-17(11-16(18)24(33)27-10-9-20(31)34-3)28-23(30(19)2)15-7-5-14(6-8-15)22(25)26;/h5-8,11-12H,9-10,13H2,1-4H3,(H3,25,26)(H,27,33);1H. The summed E-state index contributed by atoms with van der Waals surface area (Å²) in [5.74, 6) is -0.682. The number of carbonyl (C=O) groups excluding carboxylic acids is 3. The fourth-order valence-corrected chi connectivity index (χ4v) is 3.60. The molecule has 12 heteroatoms. The number of hydrogen-bond donors (Lipinski definition) is 3. The van der Waals surface area contributed by atoms with Crippen LogP contribution in [0.25, 0.3) is 22.4 Å². The number of nitrogens with one attached hydrogen (secondary N) is 2. The molecule has 0 bridgehead atoms. The lowest BCUT2D eigenvalue weighted by atomic mass is 10.1. The fourth-order valence-electron chi connectivity index (χ4n) is 3.60. The number of aromatic nitrogens is 2. The van der Waals surface area contributed by atoms with E-state index in [1.54, 1.807) is 36.2 Å². The van der Waals surface area contributed by atoms with E-state index < -0.39 is 17.8 Å². The molecule has 0 saturated heterocycles. The van der Waals surface area contributed by atoms with Crippen molar-refractivity contribution in [1.29, 1.82) is 5.41 Å². The number of halogens is 1. The van der Waals surface area contributed by atoms with Gasteiger partial charge in [-0.1, -0.05) is 24.3 Å². The van der Waals surface area contributed by atoms with E-state index in [2.05, 4.69) is 10.1 Å². The average molecular weight is 517 g/mol. The minimum atomic E-state index is -0.457. The van der Waals surface area contributed by atoms with Gasteiger partial charge in [0.25, 0.3) is 5.91 Å². The van der Waals surface area contributed by atoms with Crippen molar-refractivity contribution < 1.29 is 23.9 Å². The van der Waals surface area contributed by atoms with Crippen molar-refractivity contribution in [2.45, 2.75) is 6.42 Å². The lowest BCUT2D eigenvalue weighted by Gasteiger charge is -2.21. The van der Waals surface area contributed by atoms with Crippen LogP contribution in [0.2, 0.25) is 0 Å². The summed E-state index contributed by atoms with van der Waals surface area (Å²) in [6.45, 7) is 0.0291. The molecule has 192 valence electrons. The number of hydrogen-bond acceptors (Lipinski definition) is 8. The van der Waals surface area contributed by atoms with Gasteiger partial charge < -0.3 is 30.0 Å². The summed E-state index contributed by atoms with van der Waals surface area (Å²) < 4.78 is 11.3. The number of ether oxygens (including phenoxy) is 2. The summed E-state index contributed by atoms with van der Waals surface area (Å²) in [6.07, 6.45) is 0.0296. The number of anilines is 1. The molecule has 0 unspecified atom stereocenters. The second kappa shape index (κ2) is 12.0. The number of nitrogens with zero attached hydrogens (tertiary/aromatic N) is 3. The number of fused-ring (bicyclic) bond motifs is 1. The third-order valence-electron chi connectivity index (χ3n) is 5.54. The number of methoxy groups -OCH3 is 2. The number of rotatable bonds is 9. The van der Waals surface area contributed by atoms with E-state index >= 15 is 0 Å². The fraction of sp³-hybridized carbons (Fsp3) is 0.292. The van der Waals surface area contributed by atoms with Gasteiger partial charge in [0.05, 0.1) is 42.9 Å².